The standard InChI is InChI=1S/C24H20N2O3.C23H18N2O3.C14H10N2O2/c1-29-24(28)19-9-7-17(8-10-19)13-21(27)14-23-22(18-5-3-2-4-6-18)12-11-20-15-25-16-26(20)23;26-20(12-16-6-8-18(9-7-16)23(27)28)13-22-21(17-4-2-1-3-5-17)11-10-19-14-24-15-25(19)22;17-14(18)13-12(10-4-2-1-3-5-10)7-6-11-8-15-9-16(11)13/h2-12,15-16H,13-14H2,1H3;1-11,14-15H,12-13H2,(H,27,28);1-9H,(H,17,18). The van der Waals surface area contributed by atoms with Crippen LogP contribution in [-0.2, 0) is 40.0 Å². The predicted molar refractivity (Wildman–Crippen MR) is 285 cm³/mol. The molecule has 370 valence electrons. The number of benzene rings is 5. The summed E-state index contributed by atoms with van der Waals surface area (Å²) >= 11 is 0. The number of carbonyl (C=O) groups is 5. The third kappa shape index (κ3) is 11.7. The number of methoxy groups -OCH3 is 1. The molecule has 6 heterocycles. The van der Waals surface area contributed by atoms with E-state index in [0.717, 1.165) is 66.9 Å². The monoisotopic (exact) mass is 992 g/mol. The zero-order valence-corrected chi connectivity index (χ0v) is 40.6. The van der Waals surface area contributed by atoms with E-state index < -0.39 is 11.9 Å². The van der Waals surface area contributed by atoms with E-state index in [1.165, 1.54) is 25.6 Å². The highest BCUT2D eigenvalue weighted by Gasteiger charge is 2.18. The summed E-state index contributed by atoms with van der Waals surface area (Å²) in [5.41, 5.74) is 12.8. The minimum Gasteiger partial charge on any atom is -0.478 e. The lowest BCUT2D eigenvalue weighted by atomic mass is 9.98. The number of pyridine rings is 3. The highest BCUT2D eigenvalue weighted by atomic mass is 16.5. The fourth-order valence-corrected chi connectivity index (χ4v) is 8.88. The summed E-state index contributed by atoms with van der Waals surface area (Å²) in [6.07, 6.45) is 11.3. The second-order valence-electron chi connectivity index (χ2n) is 17.4. The zero-order chi connectivity index (χ0) is 52.3. The molecule has 0 amide bonds. The van der Waals surface area contributed by atoms with Gasteiger partial charge < -0.3 is 23.8 Å². The molecule has 0 atom stereocenters. The minimum atomic E-state index is -0.975. The fraction of sp³-hybridized carbons (Fsp3) is 0.0820. The van der Waals surface area contributed by atoms with Crippen molar-refractivity contribution in [2.75, 3.05) is 7.11 Å². The maximum Gasteiger partial charge on any atom is 0.353 e. The van der Waals surface area contributed by atoms with Gasteiger partial charge in [0.15, 0.2) is 0 Å². The van der Waals surface area contributed by atoms with Gasteiger partial charge in [-0.2, -0.15) is 0 Å². The number of aromatic nitrogens is 6. The lowest BCUT2D eigenvalue weighted by Gasteiger charge is -2.12. The molecule has 5 aromatic carbocycles. The van der Waals surface area contributed by atoms with Gasteiger partial charge >= 0.3 is 17.9 Å². The molecule has 6 aromatic heterocycles. The number of nitrogens with zero attached hydrogens (tertiary/aromatic N) is 6. The largest absolute Gasteiger partial charge is 0.478 e. The van der Waals surface area contributed by atoms with E-state index in [2.05, 4.69) is 15.0 Å². The van der Waals surface area contributed by atoms with E-state index in [0.29, 0.717) is 17.5 Å². The Balaban J connectivity index is 0.000000142. The number of aromatic carboxylic acids is 2. The summed E-state index contributed by atoms with van der Waals surface area (Å²) in [5, 5.41) is 18.4. The van der Waals surface area contributed by atoms with Gasteiger partial charge in [0.2, 0.25) is 0 Å². The predicted octanol–water partition coefficient (Wildman–Crippen LogP) is 10.9. The molecule has 11 rings (SSSR count). The van der Waals surface area contributed by atoms with Gasteiger partial charge in [-0.15, -0.1) is 0 Å². The number of imidazole rings is 3. The number of hydrogen-bond donors (Lipinski definition) is 2. The first-order valence-corrected chi connectivity index (χ1v) is 23.8. The molecule has 2 N–H and O–H groups in total. The Morgan fingerprint density at radius 3 is 1.19 bits per heavy atom. The van der Waals surface area contributed by atoms with Gasteiger partial charge in [0, 0.05) is 53.8 Å². The smallest absolute Gasteiger partial charge is 0.353 e. The summed E-state index contributed by atoms with van der Waals surface area (Å²) in [6.45, 7) is 0. The van der Waals surface area contributed by atoms with Gasteiger partial charge in [-0.3, -0.25) is 14.0 Å². The Morgan fingerprint density at radius 2 is 0.787 bits per heavy atom. The van der Waals surface area contributed by atoms with E-state index in [9.17, 15) is 29.1 Å². The molecular formula is C61H48N6O8. The normalized spacial score (nSPS) is 10.8. The van der Waals surface area contributed by atoms with Crippen molar-refractivity contribution in [3.05, 3.63) is 253 Å². The molecule has 14 nitrogen and oxygen atoms in total. The quantitative estimate of drug-likeness (QED) is 0.0987. The number of ketones is 2. The maximum absolute atomic E-state index is 12.9. The molecule has 0 saturated heterocycles. The van der Waals surface area contributed by atoms with Crippen LogP contribution >= 0.6 is 0 Å². The Morgan fingerprint density at radius 1 is 0.413 bits per heavy atom. The first kappa shape index (κ1) is 49.9. The molecule has 11 aromatic rings. The SMILES string of the molecule is COC(=O)c1ccc(CC(=O)Cc2c(-c3ccccc3)ccc3cncn23)cc1.O=C(Cc1ccc(C(=O)O)cc1)Cc1c(-c2ccccc2)ccc2cncn12.O=C(O)c1c(-c2ccccc2)ccc2cncn12. The van der Waals surface area contributed by atoms with E-state index in [1.54, 1.807) is 72.0 Å². The van der Waals surface area contributed by atoms with E-state index >= 15 is 0 Å². The third-order valence-electron chi connectivity index (χ3n) is 12.5. The summed E-state index contributed by atoms with van der Waals surface area (Å²) < 4.78 is 10.2. The molecule has 0 radical (unpaired) electrons. The Bertz CT molecular complexity index is 3810. The Hall–Kier alpha value is -10.1. The lowest BCUT2D eigenvalue weighted by Crippen LogP contribution is -2.11. The van der Waals surface area contributed by atoms with Crippen molar-refractivity contribution in [1.82, 2.24) is 28.2 Å². The molecule has 75 heavy (non-hydrogen) atoms. The van der Waals surface area contributed by atoms with Crippen molar-refractivity contribution in [3.8, 4) is 33.4 Å². The zero-order valence-electron chi connectivity index (χ0n) is 40.6. The van der Waals surface area contributed by atoms with Crippen molar-refractivity contribution < 1.29 is 38.9 Å². The number of rotatable bonds is 14. The minimum absolute atomic E-state index is 0.0569. The highest BCUT2D eigenvalue weighted by Crippen LogP contribution is 2.29. The number of Topliss-reactive ketones (excluding diaryl/α,β-unsaturated/α-hetero) is 2. The molecule has 0 aliphatic rings. The molecule has 0 saturated carbocycles. The van der Waals surface area contributed by atoms with Crippen LogP contribution in [0.1, 0.15) is 53.7 Å². The summed E-state index contributed by atoms with van der Waals surface area (Å²) in [7, 11) is 1.35. The molecule has 0 spiro atoms. The van der Waals surface area contributed by atoms with E-state index in [4.69, 9.17) is 9.84 Å². The van der Waals surface area contributed by atoms with Gasteiger partial charge in [0.1, 0.15) is 17.3 Å². The average molecular weight is 993 g/mol. The number of carbonyl (C=O) groups excluding carboxylic acids is 3. The van der Waals surface area contributed by atoms with Crippen molar-refractivity contribution >= 4 is 46.0 Å². The van der Waals surface area contributed by atoms with Crippen molar-refractivity contribution in [3.63, 3.8) is 0 Å². The van der Waals surface area contributed by atoms with Gasteiger partial charge in [-0.1, -0.05) is 127 Å². The van der Waals surface area contributed by atoms with Gasteiger partial charge in [-0.05, 0) is 76.3 Å². The van der Waals surface area contributed by atoms with Crippen molar-refractivity contribution in [2.45, 2.75) is 25.7 Å². The first-order valence-electron chi connectivity index (χ1n) is 23.8. The fourth-order valence-electron chi connectivity index (χ4n) is 8.88. The van der Waals surface area contributed by atoms with Crippen LogP contribution in [0.15, 0.2) is 213 Å². The van der Waals surface area contributed by atoms with Gasteiger partial charge in [-0.25, -0.2) is 29.3 Å². The number of esters is 1. The summed E-state index contributed by atoms with van der Waals surface area (Å²) in [6, 6.07) is 54.6. The summed E-state index contributed by atoms with van der Waals surface area (Å²) in [4.78, 5) is 72.1. The number of carboxylic acid groups (broad SMARTS) is 2. The molecule has 0 bridgehead atoms. The van der Waals surface area contributed by atoms with Crippen LogP contribution in [0, 0.1) is 0 Å². The van der Waals surface area contributed by atoms with Crippen LogP contribution in [0.2, 0.25) is 0 Å². The van der Waals surface area contributed by atoms with Gasteiger partial charge in [0.25, 0.3) is 0 Å². The van der Waals surface area contributed by atoms with E-state index in [1.807, 2.05) is 136 Å². The average Bonchev–Trinajstić information content (AvgIpc) is 4.25. The molecule has 0 aliphatic heterocycles. The molecule has 0 unspecified atom stereocenters. The van der Waals surface area contributed by atoms with Crippen LogP contribution in [0.5, 0.6) is 0 Å². The van der Waals surface area contributed by atoms with Crippen LogP contribution < -0.4 is 0 Å². The summed E-state index contributed by atoms with van der Waals surface area (Å²) in [5.74, 6) is -2.17. The molecule has 14 heteroatoms. The highest BCUT2D eigenvalue weighted by molar-refractivity contribution is 5.95. The van der Waals surface area contributed by atoms with Crippen molar-refractivity contribution in [1.29, 1.82) is 0 Å². The number of carboxylic acids is 2. The maximum atomic E-state index is 12.9. The molecular weight excluding hydrogens is 945 g/mol. The Kier molecular flexibility index (Phi) is 15.3. The number of fused-ring (bicyclic) bond motifs is 3. The molecule has 0 aliphatic carbocycles. The van der Waals surface area contributed by atoms with Crippen LogP contribution in [-0.4, -0.2) is 75.0 Å². The third-order valence-corrected chi connectivity index (χ3v) is 12.5. The molecule has 0 fully saturated rings. The van der Waals surface area contributed by atoms with E-state index in [-0.39, 0.29) is 48.1 Å². The lowest BCUT2D eigenvalue weighted by molar-refractivity contribution is -0.118. The second-order valence-corrected chi connectivity index (χ2v) is 17.4. The first-order chi connectivity index (χ1) is 36.5. The van der Waals surface area contributed by atoms with Crippen LogP contribution in [0.25, 0.3) is 49.9 Å². The van der Waals surface area contributed by atoms with Gasteiger partial charge in [0.05, 0.1) is 72.4 Å². The number of hydrogen-bond acceptors (Lipinski definition) is 9. The topological polar surface area (TPSA) is 187 Å². The van der Waals surface area contributed by atoms with Crippen LogP contribution in [0.4, 0.5) is 0 Å². The second kappa shape index (κ2) is 23.0. The Labute approximate surface area is 430 Å². The van der Waals surface area contributed by atoms with Crippen LogP contribution in [0.3, 0.4) is 0 Å². The van der Waals surface area contributed by atoms with Crippen molar-refractivity contribution in [2.24, 2.45) is 0 Å². The number of ether oxygens (including phenoxy) is 1.